The molecular weight excluding hydrogens is 466 g/mol. The van der Waals surface area contributed by atoms with Gasteiger partial charge in [0.05, 0.1) is 24.2 Å². The number of nitrogens with one attached hydrogen (secondary N) is 1. The highest BCUT2D eigenvalue weighted by molar-refractivity contribution is 6.32. The van der Waals surface area contributed by atoms with Crippen molar-refractivity contribution in [3.8, 4) is 28.6 Å². The molecule has 0 amide bonds. The molecule has 4 rings (SSSR count). The lowest BCUT2D eigenvalue weighted by molar-refractivity contribution is -0.142. The van der Waals surface area contributed by atoms with Crippen molar-refractivity contribution >= 4 is 23.1 Å². The normalized spacial score (nSPS) is 12.5. The Bertz CT molecular complexity index is 1220. The van der Waals surface area contributed by atoms with E-state index in [0.29, 0.717) is 42.1 Å². The summed E-state index contributed by atoms with van der Waals surface area (Å²) >= 11 is 6.38. The van der Waals surface area contributed by atoms with E-state index in [9.17, 15) is 4.79 Å². The van der Waals surface area contributed by atoms with E-state index >= 15 is 0 Å². The van der Waals surface area contributed by atoms with Crippen LogP contribution in [0.15, 0.2) is 47.0 Å². The number of carbonyl (C=O) groups excluding carboxylic acids is 1. The fourth-order valence-electron chi connectivity index (χ4n) is 4.09. The number of halogens is 1. The number of carbonyl (C=O) groups is 1. The van der Waals surface area contributed by atoms with E-state index in [0.717, 1.165) is 30.5 Å². The number of rotatable bonds is 11. The van der Waals surface area contributed by atoms with Gasteiger partial charge in [0.1, 0.15) is 5.75 Å². The molecule has 0 saturated heterocycles. The third-order valence-electron chi connectivity index (χ3n) is 5.67. The zero-order valence-corrected chi connectivity index (χ0v) is 21.0. The van der Waals surface area contributed by atoms with Crippen LogP contribution in [0.4, 0.5) is 0 Å². The van der Waals surface area contributed by atoms with E-state index in [4.69, 9.17) is 25.6 Å². The van der Waals surface area contributed by atoms with Gasteiger partial charge >= 0.3 is 5.97 Å². The van der Waals surface area contributed by atoms with Crippen molar-refractivity contribution in [1.29, 1.82) is 0 Å². The van der Waals surface area contributed by atoms with Crippen LogP contribution in [0.1, 0.15) is 44.7 Å². The lowest BCUT2D eigenvalue weighted by Crippen LogP contribution is -2.20. The van der Waals surface area contributed by atoms with Gasteiger partial charge in [-0.1, -0.05) is 41.0 Å². The first kappa shape index (κ1) is 24.9. The van der Waals surface area contributed by atoms with E-state index in [2.05, 4.69) is 27.6 Å². The minimum Gasteiger partial charge on any atom is -0.489 e. The minimum atomic E-state index is -0.170. The van der Waals surface area contributed by atoms with Crippen molar-refractivity contribution in [2.24, 2.45) is 0 Å². The molecule has 0 radical (unpaired) electrons. The number of hydrogen-bond acceptors (Lipinski definition) is 7. The third kappa shape index (κ3) is 6.10. The number of esters is 1. The highest BCUT2D eigenvalue weighted by Crippen LogP contribution is 2.37. The largest absolute Gasteiger partial charge is 0.489 e. The van der Waals surface area contributed by atoms with E-state index in [-0.39, 0.29) is 12.1 Å². The molecule has 8 heteroatoms. The second-order valence-corrected chi connectivity index (χ2v) is 8.96. The number of ether oxygens (including phenoxy) is 2. The Kier molecular flexibility index (Phi) is 8.21. The zero-order valence-electron chi connectivity index (χ0n) is 20.3. The number of aromatic nitrogens is 2. The molecule has 7 nitrogen and oxygen atoms in total. The molecule has 0 fully saturated rings. The van der Waals surface area contributed by atoms with Gasteiger partial charge in [0.2, 0.25) is 5.82 Å². The summed E-state index contributed by atoms with van der Waals surface area (Å²) in [6.45, 7) is 7.54. The Morgan fingerprint density at radius 1 is 1.20 bits per heavy atom. The maximum absolute atomic E-state index is 11.5. The number of fused-ring (bicyclic) bond motifs is 1. The predicted molar refractivity (Wildman–Crippen MR) is 136 cm³/mol. The van der Waals surface area contributed by atoms with Crippen LogP contribution in [0, 0.1) is 0 Å². The maximum Gasteiger partial charge on any atom is 0.307 e. The second-order valence-electron chi connectivity index (χ2n) is 8.56. The van der Waals surface area contributed by atoms with Gasteiger partial charge in [-0.05, 0) is 75.1 Å². The van der Waals surface area contributed by atoms with Gasteiger partial charge < -0.3 is 19.3 Å². The fraction of sp³-hybridized carbons (Fsp3) is 0.370. The average Bonchev–Trinajstić information content (AvgIpc) is 3.48. The first-order chi connectivity index (χ1) is 17.0. The predicted octanol–water partition coefficient (Wildman–Crippen LogP) is 5.72. The van der Waals surface area contributed by atoms with Crippen LogP contribution in [-0.4, -0.2) is 41.9 Å². The van der Waals surface area contributed by atoms with Gasteiger partial charge in [-0.2, -0.15) is 4.98 Å². The molecule has 0 spiro atoms. The van der Waals surface area contributed by atoms with Crippen LogP contribution in [0.3, 0.4) is 0 Å². The molecule has 184 valence electrons. The summed E-state index contributed by atoms with van der Waals surface area (Å²) in [5.74, 6) is 1.42. The molecule has 1 heterocycles. The summed E-state index contributed by atoms with van der Waals surface area (Å²) in [6, 6.07) is 11.6. The van der Waals surface area contributed by atoms with Crippen LogP contribution in [0.2, 0.25) is 5.02 Å². The van der Waals surface area contributed by atoms with E-state index < -0.39 is 0 Å². The van der Waals surface area contributed by atoms with Crippen molar-refractivity contribution in [3.05, 3.63) is 58.6 Å². The first-order valence-corrected chi connectivity index (χ1v) is 12.3. The van der Waals surface area contributed by atoms with Gasteiger partial charge in [0, 0.05) is 17.7 Å². The molecule has 35 heavy (non-hydrogen) atoms. The van der Waals surface area contributed by atoms with Crippen LogP contribution >= 0.6 is 11.6 Å². The summed E-state index contributed by atoms with van der Waals surface area (Å²) in [6.07, 6.45) is 4.36. The smallest absolute Gasteiger partial charge is 0.307 e. The molecule has 1 aromatic heterocycles. The highest BCUT2D eigenvalue weighted by Gasteiger charge is 2.21. The maximum atomic E-state index is 11.5. The topological polar surface area (TPSA) is 86.5 Å². The van der Waals surface area contributed by atoms with Gasteiger partial charge in [-0.25, -0.2) is 0 Å². The first-order valence-electron chi connectivity index (χ1n) is 11.9. The molecule has 1 aliphatic rings. The van der Waals surface area contributed by atoms with Gasteiger partial charge in [0.15, 0.2) is 0 Å². The summed E-state index contributed by atoms with van der Waals surface area (Å²) in [5, 5.41) is 8.06. The SMILES string of the molecule is CCOC(=O)CCNCCC1=CCc2c1cccc2-c1noc(-c2ccc(OC(C)C)c(Cl)c2)n1. The number of allylic oxidation sites excluding steroid dienone is 1. The Morgan fingerprint density at radius 2 is 2.03 bits per heavy atom. The van der Waals surface area contributed by atoms with Crippen LogP contribution in [0.5, 0.6) is 5.75 Å². The molecule has 1 N–H and O–H groups in total. The van der Waals surface area contributed by atoms with Crippen molar-refractivity contribution in [1.82, 2.24) is 15.5 Å². The molecule has 0 atom stereocenters. The third-order valence-corrected chi connectivity index (χ3v) is 5.96. The summed E-state index contributed by atoms with van der Waals surface area (Å²) in [4.78, 5) is 16.1. The monoisotopic (exact) mass is 495 g/mol. The number of hydrogen-bond donors (Lipinski definition) is 1. The minimum absolute atomic E-state index is 0.0346. The Labute approximate surface area is 210 Å². The molecule has 0 saturated carbocycles. The quantitative estimate of drug-likeness (QED) is 0.269. The second kappa shape index (κ2) is 11.5. The molecule has 0 bridgehead atoms. The van der Waals surface area contributed by atoms with Crippen molar-refractivity contribution in [2.45, 2.75) is 46.1 Å². The standard InChI is InChI=1S/C27H30ClN3O4/c1-4-33-25(32)13-15-29-14-12-18-8-10-21-20(18)6-5-7-22(21)26-30-27(35-31-26)19-9-11-24(23(28)16-19)34-17(2)3/h5-9,11,16-17,29H,4,10,12-15H2,1-3H3. The lowest BCUT2D eigenvalue weighted by Gasteiger charge is -2.11. The summed E-state index contributed by atoms with van der Waals surface area (Å²) in [5.41, 5.74) is 5.39. The Hall–Kier alpha value is -3.16. The highest BCUT2D eigenvalue weighted by atomic mass is 35.5. The summed E-state index contributed by atoms with van der Waals surface area (Å²) in [7, 11) is 0. The fourth-order valence-corrected chi connectivity index (χ4v) is 4.32. The van der Waals surface area contributed by atoms with E-state index in [1.165, 1.54) is 16.7 Å². The van der Waals surface area contributed by atoms with Crippen LogP contribution in [-0.2, 0) is 16.0 Å². The van der Waals surface area contributed by atoms with Gasteiger partial charge in [0.25, 0.3) is 5.89 Å². The molecule has 2 aromatic carbocycles. The van der Waals surface area contributed by atoms with Crippen molar-refractivity contribution in [3.63, 3.8) is 0 Å². The van der Waals surface area contributed by atoms with E-state index in [1.807, 2.05) is 45.0 Å². The average molecular weight is 496 g/mol. The van der Waals surface area contributed by atoms with Crippen molar-refractivity contribution in [2.75, 3.05) is 19.7 Å². The number of nitrogens with zero attached hydrogens (tertiary/aromatic N) is 2. The molecule has 1 aliphatic carbocycles. The Morgan fingerprint density at radius 3 is 2.80 bits per heavy atom. The molecule has 3 aromatic rings. The molecular formula is C27H30ClN3O4. The van der Waals surface area contributed by atoms with Gasteiger partial charge in [-0.3, -0.25) is 4.79 Å². The lowest BCUT2D eigenvalue weighted by atomic mass is 9.98. The van der Waals surface area contributed by atoms with Gasteiger partial charge in [-0.15, -0.1) is 0 Å². The molecule has 0 unspecified atom stereocenters. The van der Waals surface area contributed by atoms with Crippen molar-refractivity contribution < 1.29 is 18.8 Å². The van der Waals surface area contributed by atoms with E-state index in [1.54, 1.807) is 6.07 Å². The Balaban J connectivity index is 1.42. The molecule has 0 aliphatic heterocycles. The summed E-state index contributed by atoms with van der Waals surface area (Å²) < 4.78 is 16.2. The van der Waals surface area contributed by atoms with Crippen LogP contribution < -0.4 is 10.1 Å². The zero-order chi connectivity index (χ0) is 24.8. The van der Waals surface area contributed by atoms with Crippen LogP contribution in [0.25, 0.3) is 28.4 Å². The number of benzene rings is 2.